The van der Waals surface area contributed by atoms with Gasteiger partial charge < -0.3 is 20.1 Å². The largest absolute Gasteiger partial charge is 0.481 e. The lowest BCUT2D eigenvalue weighted by Gasteiger charge is -2.27. The van der Waals surface area contributed by atoms with Crippen LogP contribution in [0.1, 0.15) is 12.8 Å². The molecule has 0 spiro atoms. The molecule has 1 saturated carbocycles. The van der Waals surface area contributed by atoms with E-state index in [2.05, 4.69) is 9.97 Å². The Balaban J connectivity index is 2.24. The summed E-state index contributed by atoms with van der Waals surface area (Å²) in [6.07, 6.45) is 2.46. The minimum Gasteiger partial charge on any atom is -0.481 e. The molecule has 1 aromatic rings. The lowest BCUT2D eigenvalue weighted by molar-refractivity contribution is 0.370. The smallest absolute Gasteiger partial charge is 0.232 e. The number of nitrogens with zero attached hydrogens (tertiary/aromatic N) is 3. The third kappa shape index (κ3) is 2.64. The van der Waals surface area contributed by atoms with Gasteiger partial charge in [0, 0.05) is 19.6 Å². The first-order valence-corrected chi connectivity index (χ1v) is 6.09. The zero-order chi connectivity index (χ0) is 13.1. The number of nitrogens with two attached hydrogens (primary N) is 1. The molecular weight excluding hydrogens is 232 g/mol. The van der Waals surface area contributed by atoms with Crippen LogP contribution in [0.3, 0.4) is 0 Å². The third-order valence-electron chi connectivity index (χ3n) is 3.31. The van der Waals surface area contributed by atoms with Crippen molar-refractivity contribution in [2.24, 2.45) is 11.7 Å². The van der Waals surface area contributed by atoms with Crippen molar-refractivity contribution in [1.82, 2.24) is 9.97 Å². The standard InChI is InChI=1S/C12H20N4O2/c1-16(9(7-13)8-4-5-8)12-14-10(17-2)6-11(15-12)18-3/h6,8-9H,4-5,7,13H2,1-3H3. The van der Waals surface area contributed by atoms with Crippen molar-refractivity contribution >= 4 is 5.95 Å². The second kappa shape index (κ2) is 5.39. The van der Waals surface area contributed by atoms with E-state index in [1.807, 2.05) is 11.9 Å². The van der Waals surface area contributed by atoms with Crippen LogP contribution >= 0.6 is 0 Å². The fraction of sp³-hybridized carbons (Fsp3) is 0.667. The van der Waals surface area contributed by atoms with Gasteiger partial charge in [-0.3, -0.25) is 0 Å². The molecule has 0 radical (unpaired) electrons. The Kier molecular flexibility index (Phi) is 3.86. The minimum atomic E-state index is 0.279. The van der Waals surface area contributed by atoms with Gasteiger partial charge in [-0.05, 0) is 18.8 Å². The van der Waals surface area contributed by atoms with E-state index in [4.69, 9.17) is 15.2 Å². The van der Waals surface area contributed by atoms with E-state index in [1.165, 1.54) is 12.8 Å². The summed E-state index contributed by atoms with van der Waals surface area (Å²) >= 11 is 0. The lowest BCUT2D eigenvalue weighted by atomic mass is 10.1. The molecule has 6 nitrogen and oxygen atoms in total. The van der Waals surface area contributed by atoms with Gasteiger partial charge in [-0.25, -0.2) is 0 Å². The van der Waals surface area contributed by atoms with Crippen LogP contribution in [-0.4, -0.2) is 43.8 Å². The number of ether oxygens (including phenoxy) is 2. The number of aromatic nitrogens is 2. The molecule has 1 aromatic heterocycles. The van der Waals surface area contributed by atoms with Crippen molar-refractivity contribution in [3.63, 3.8) is 0 Å². The SMILES string of the molecule is COc1cc(OC)nc(N(C)C(CN)C2CC2)n1. The average Bonchev–Trinajstić information content (AvgIpc) is 3.23. The van der Waals surface area contributed by atoms with E-state index in [9.17, 15) is 0 Å². The minimum absolute atomic E-state index is 0.279. The molecule has 0 aliphatic heterocycles. The first-order valence-electron chi connectivity index (χ1n) is 6.09. The zero-order valence-electron chi connectivity index (χ0n) is 11.1. The highest BCUT2D eigenvalue weighted by Gasteiger charge is 2.34. The van der Waals surface area contributed by atoms with Gasteiger partial charge in [-0.1, -0.05) is 0 Å². The number of hydrogen-bond acceptors (Lipinski definition) is 6. The van der Waals surface area contributed by atoms with E-state index in [0.717, 1.165) is 0 Å². The number of rotatable bonds is 6. The highest BCUT2D eigenvalue weighted by molar-refractivity contribution is 5.37. The molecule has 1 aliphatic carbocycles. The topological polar surface area (TPSA) is 73.5 Å². The average molecular weight is 252 g/mol. The van der Waals surface area contributed by atoms with Crippen molar-refractivity contribution in [3.05, 3.63) is 6.07 Å². The highest BCUT2D eigenvalue weighted by atomic mass is 16.5. The molecule has 100 valence electrons. The monoisotopic (exact) mass is 252 g/mol. The van der Waals surface area contributed by atoms with Crippen LogP contribution in [0.2, 0.25) is 0 Å². The Morgan fingerprint density at radius 3 is 2.28 bits per heavy atom. The summed E-state index contributed by atoms with van der Waals surface area (Å²) in [5.41, 5.74) is 5.83. The predicted octanol–water partition coefficient (Wildman–Crippen LogP) is 0.667. The molecule has 1 atom stereocenters. The Hall–Kier alpha value is -1.56. The quantitative estimate of drug-likeness (QED) is 0.802. The molecule has 1 unspecified atom stereocenters. The summed E-state index contributed by atoms with van der Waals surface area (Å²) < 4.78 is 10.3. The first kappa shape index (κ1) is 12.9. The molecule has 6 heteroatoms. The van der Waals surface area contributed by atoms with E-state index < -0.39 is 0 Å². The van der Waals surface area contributed by atoms with Gasteiger partial charge in [0.2, 0.25) is 17.7 Å². The van der Waals surface area contributed by atoms with Crippen molar-refractivity contribution in [2.45, 2.75) is 18.9 Å². The van der Waals surface area contributed by atoms with Crippen LogP contribution in [0.15, 0.2) is 6.07 Å². The molecular formula is C12H20N4O2. The highest BCUT2D eigenvalue weighted by Crippen LogP contribution is 2.35. The summed E-state index contributed by atoms with van der Waals surface area (Å²) in [4.78, 5) is 10.7. The van der Waals surface area contributed by atoms with Crippen molar-refractivity contribution in [1.29, 1.82) is 0 Å². The zero-order valence-corrected chi connectivity index (χ0v) is 11.1. The Bertz CT molecular complexity index is 387. The molecule has 1 aliphatic rings. The molecule has 0 amide bonds. The maximum atomic E-state index is 5.83. The maximum Gasteiger partial charge on any atom is 0.232 e. The third-order valence-corrected chi connectivity index (χ3v) is 3.31. The molecule has 0 saturated heterocycles. The van der Waals surface area contributed by atoms with Crippen LogP contribution < -0.4 is 20.1 Å². The Morgan fingerprint density at radius 1 is 1.33 bits per heavy atom. The number of anilines is 1. The van der Waals surface area contributed by atoms with Crippen LogP contribution in [0.25, 0.3) is 0 Å². The second-order valence-corrected chi connectivity index (χ2v) is 4.50. The van der Waals surface area contributed by atoms with Gasteiger partial charge in [0.1, 0.15) is 0 Å². The molecule has 0 aromatic carbocycles. The summed E-state index contributed by atoms with van der Waals surface area (Å²) in [5, 5.41) is 0. The number of likely N-dealkylation sites (N-methyl/N-ethyl adjacent to an activating group) is 1. The van der Waals surface area contributed by atoms with Crippen LogP contribution in [0, 0.1) is 5.92 Å². The van der Waals surface area contributed by atoms with Gasteiger partial charge in [0.05, 0.1) is 20.3 Å². The van der Waals surface area contributed by atoms with Crippen molar-refractivity contribution in [2.75, 3.05) is 32.7 Å². The normalized spacial score (nSPS) is 16.2. The molecule has 0 bridgehead atoms. The van der Waals surface area contributed by atoms with Gasteiger partial charge in [0.25, 0.3) is 0 Å². The van der Waals surface area contributed by atoms with Crippen LogP contribution in [0.5, 0.6) is 11.8 Å². The number of hydrogen-bond donors (Lipinski definition) is 1. The molecule has 1 fully saturated rings. The lowest BCUT2D eigenvalue weighted by Crippen LogP contribution is -2.40. The summed E-state index contributed by atoms with van der Waals surface area (Å²) in [5.74, 6) is 2.24. The maximum absolute atomic E-state index is 5.83. The van der Waals surface area contributed by atoms with Crippen molar-refractivity contribution in [3.8, 4) is 11.8 Å². The predicted molar refractivity (Wildman–Crippen MR) is 69.1 cm³/mol. The van der Waals surface area contributed by atoms with Gasteiger partial charge >= 0.3 is 0 Å². The molecule has 2 rings (SSSR count). The van der Waals surface area contributed by atoms with Crippen molar-refractivity contribution < 1.29 is 9.47 Å². The molecule has 1 heterocycles. The fourth-order valence-corrected chi connectivity index (χ4v) is 2.06. The summed E-state index contributed by atoms with van der Waals surface area (Å²) in [6.45, 7) is 0.601. The second-order valence-electron chi connectivity index (χ2n) is 4.50. The molecule has 2 N–H and O–H groups in total. The van der Waals surface area contributed by atoms with Gasteiger partial charge in [-0.2, -0.15) is 9.97 Å². The van der Waals surface area contributed by atoms with E-state index >= 15 is 0 Å². The van der Waals surface area contributed by atoms with Crippen LogP contribution in [-0.2, 0) is 0 Å². The van der Waals surface area contributed by atoms with E-state index in [-0.39, 0.29) is 6.04 Å². The Labute approximate surface area is 107 Å². The van der Waals surface area contributed by atoms with E-state index in [1.54, 1.807) is 20.3 Å². The number of methoxy groups -OCH3 is 2. The first-order chi connectivity index (χ1) is 8.69. The Morgan fingerprint density at radius 2 is 1.89 bits per heavy atom. The van der Waals surface area contributed by atoms with Gasteiger partial charge in [0.15, 0.2) is 0 Å². The van der Waals surface area contributed by atoms with Gasteiger partial charge in [-0.15, -0.1) is 0 Å². The molecule has 18 heavy (non-hydrogen) atoms. The summed E-state index contributed by atoms with van der Waals surface area (Å²) in [7, 11) is 5.11. The summed E-state index contributed by atoms with van der Waals surface area (Å²) in [6, 6.07) is 1.94. The van der Waals surface area contributed by atoms with E-state index in [0.29, 0.717) is 30.2 Å². The van der Waals surface area contributed by atoms with Crippen LogP contribution in [0.4, 0.5) is 5.95 Å². The fourth-order valence-electron chi connectivity index (χ4n) is 2.06.